The Hall–Kier alpha value is -1.71. The van der Waals surface area contributed by atoms with Crippen LogP contribution in [0.3, 0.4) is 0 Å². The van der Waals surface area contributed by atoms with Gasteiger partial charge in [-0.2, -0.15) is 0 Å². The van der Waals surface area contributed by atoms with Crippen molar-refractivity contribution in [2.24, 2.45) is 0 Å². The van der Waals surface area contributed by atoms with Crippen molar-refractivity contribution in [1.82, 2.24) is 0 Å². The van der Waals surface area contributed by atoms with Crippen molar-refractivity contribution >= 4 is 5.97 Å². The van der Waals surface area contributed by atoms with Gasteiger partial charge in [0.15, 0.2) is 6.10 Å². The molecule has 1 aliphatic heterocycles. The molecule has 0 aromatic heterocycles. The Kier molecular flexibility index (Phi) is 5.23. The highest BCUT2D eigenvalue weighted by Gasteiger charge is 2.32. The third-order valence-electron chi connectivity index (χ3n) is 4.39. The van der Waals surface area contributed by atoms with Crippen LogP contribution in [0.25, 0.3) is 0 Å². The number of fused-ring (bicyclic) bond motifs is 1. The summed E-state index contributed by atoms with van der Waals surface area (Å²) in [5.41, 5.74) is 1.84. The van der Waals surface area contributed by atoms with Crippen LogP contribution in [0.4, 0.5) is 0 Å². The van der Waals surface area contributed by atoms with E-state index in [0.29, 0.717) is 18.1 Å². The van der Waals surface area contributed by atoms with Gasteiger partial charge in [-0.1, -0.05) is 20.3 Å². The molecule has 2 unspecified atom stereocenters. The van der Waals surface area contributed by atoms with Crippen molar-refractivity contribution in [3.8, 4) is 11.5 Å². The normalized spacial score (nSPS) is 20.3. The molecular formula is C19H28O4. The molecule has 1 aliphatic rings. The van der Waals surface area contributed by atoms with E-state index in [-0.39, 0.29) is 5.60 Å². The molecular weight excluding hydrogens is 292 g/mol. The number of carboxylic acids is 1. The summed E-state index contributed by atoms with van der Waals surface area (Å²) in [7, 11) is 0. The first-order valence-electron chi connectivity index (χ1n) is 8.46. The molecule has 1 heterocycles. The van der Waals surface area contributed by atoms with Crippen molar-refractivity contribution < 1.29 is 19.4 Å². The summed E-state index contributed by atoms with van der Waals surface area (Å²) >= 11 is 0. The van der Waals surface area contributed by atoms with E-state index < -0.39 is 12.1 Å². The number of benzene rings is 1. The van der Waals surface area contributed by atoms with Crippen LogP contribution in [-0.4, -0.2) is 22.8 Å². The molecule has 2 atom stereocenters. The largest absolute Gasteiger partial charge is 0.488 e. The van der Waals surface area contributed by atoms with E-state index in [2.05, 4.69) is 20.8 Å². The van der Waals surface area contributed by atoms with Crippen molar-refractivity contribution in [2.75, 3.05) is 0 Å². The summed E-state index contributed by atoms with van der Waals surface area (Å²) in [5, 5.41) is 9.36. The first-order chi connectivity index (χ1) is 10.7. The monoisotopic (exact) mass is 320 g/mol. The maximum Gasteiger partial charge on any atom is 0.344 e. The van der Waals surface area contributed by atoms with Gasteiger partial charge in [0.05, 0.1) is 0 Å². The molecule has 1 aromatic rings. The van der Waals surface area contributed by atoms with Crippen LogP contribution < -0.4 is 9.47 Å². The van der Waals surface area contributed by atoms with Gasteiger partial charge in [0.25, 0.3) is 0 Å². The van der Waals surface area contributed by atoms with E-state index in [4.69, 9.17) is 9.47 Å². The maximum atomic E-state index is 11.4. The zero-order valence-electron chi connectivity index (χ0n) is 14.8. The summed E-state index contributed by atoms with van der Waals surface area (Å²) in [4.78, 5) is 11.4. The second kappa shape index (κ2) is 6.81. The van der Waals surface area contributed by atoms with E-state index in [0.717, 1.165) is 36.1 Å². The molecule has 4 heteroatoms. The molecule has 4 nitrogen and oxygen atoms in total. The third kappa shape index (κ3) is 4.18. The minimum absolute atomic E-state index is 0.175. The lowest BCUT2D eigenvalue weighted by Gasteiger charge is -2.37. The second-order valence-corrected chi connectivity index (χ2v) is 7.21. The highest BCUT2D eigenvalue weighted by Crippen LogP contribution is 2.43. The quantitative estimate of drug-likeness (QED) is 0.826. The van der Waals surface area contributed by atoms with E-state index in [9.17, 15) is 9.90 Å². The van der Waals surface area contributed by atoms with Crippen LogP contribution in [0, 0.1) is 6.92 Å². The minimum atomic E-state index is -0.902. The molecule has 0 saturated carbocycles. The molecule has 0 radical (unpaired) electrons. The first-order valence-corrected chi connectivity index (χ1v) is 8.46. The van der Waals surface area contributed by atoms with Crippen LogP contribution >= 0.6 is 0 Å². The number of ether oxygens (including phenoxy) is 2. The average Bonchev–Trinajstić information content (AvgIpc) is 2.42. The van der Waals surface area contributed by atoms with Crippen LogP contribution in [0.15, 0.2) is 12.1 Å². The molecule has 2 rings (SSSR count). The number of carboxylic acid groups (broad SMARTS) is 1. The summed E-state index contributed by atoms with van der Waals surface area (Å²) in [6, 6.07) is 3.94. The fourth-order valence-corrected chi connectivity index (χ4v) is 3.24. The standard InChI is InChI=1S/C19H28O4/c1-6-7-8-15(18(20)21)22-16-10-14-13(3)11-19(4,5)23-17(14)9-12(16)2/h9-10,13,15H,6-8,11H2,1-5H3,(H,20,21). The third-order valence-corrected chi connectivity index (χ3v) is 4.39. The first kappa shape index (κ1) is 17.6. The van der Waals surface area contributed by atoms with Gasteiger partial charge in [0, 0.05) is 5.56 Å². The number of rotatable bonds is 6. The summed E-state index contributed by atoms with van der Waals surface area (Å²) in [5.74, 6) is 0.998. The summed E-state index contributed by atoms with van der Waals surface area (Å²) in [6.45, 7) is 10.3. The lowest BCUT2D eigenvalue weighted by atomic mass is 9.85. The zero-order chi connectivity index (χ0) is 17.2. The molecule has 1 N–H and O–H groups in total. The van der Waals surface area contributed by atoms with Gasteiger partial charge in [0.2, 0.25) is 0 Å². The molecule has 0 bridgehead atoms. The predicted octanol–water partition coefficient (Wildman–Crippen LogP) is 4.68. The van der Waals surface area contributed by atoms with E-state index >= 15 is 0 Å². The Balaban J connectivity index is 2.27. The Labute approximate surface area is 138 Å². The summed E-state index contributed by atoms with van der Waals surface area (Å²) in [6.07, 6.45) is 2.47. The topological polar surface area (TPSA) is 55.8 Å². The van der Waals surface area contributed by atoms with Crippen molar-refractivity contribution in [1.29, 1.82) is 0 Å². The van der Waals surface area contributed by atoms with Crippen molar-refractivity contribution in [3.05, 3.63) is 23.3 Å². The SMILES string of the molecule is CCCCC(Oc1cc2c(cc1C)OC(C)(C)CC2C)C(=O)O. The molecule has 23 heavy (non-hydrogen) atoms. The molecule has 0 aliphatic carbocycles. The molecule has 128 valence electrons. The van der Waals surface area contributed by atoms with Gasteiger partial charge >= 0.3 is 5.97 Å². The maximum absolute atomic E-state index is 11.4. The van der Waals surface area contributed by atoms with Crippen molar-refractivity contribution in [3.63, 3.8) is 0 Å². The minimum Gasteiger partial charge on any atom is -0.488 e. The Bertz CT molecular complexity index is 577. The highest BCUT2D eigenvalue weighted by atomic mass is 16.5. The molecule has 0 saturated heterocycles. The smallest absolute Gasteiger partial charge is 0.344 e. The molecule has 0 fully saturated rings. The highest BCUT2D eigenvalue weighted by molar-refractivity contribution is 5.72. The lowest BCUT2D eigenvalue weighted by molar-refractivity contribution is -0.145. The molecule has 1 aromatic carbocycles. The fraction of sp³-hybridized carbons (Fsp3) is 0.632. The van der Waals surface area contributed by atoms with Gasteiger partial charge in [-0.3, -0.25) is 0 Å². The number of unbranched alkanes of at least 4 members (excludes halogenated alkanes) is 1. The van der Waals surface area contributed by atoms with E-state index in [1.54, 1.807) is 0 Å². The number of aryl methyl sites for hydroxylation is 1. The van der Waals surface area contributed by atoms with E-state index in [1.165, 1.54) is 0 Å². The molecule has 0 amide bonds. The fourth-order valence-electron chi connectivity index (χ4n) is 3.24. The molecule has 0 spiro atoms. The van der Waals surface area contributed by atoms with Crippen LogP contribution in [0.2, 0.25) is 0 Å². The Morgan fingerprint density at radius 1 is 1.48 bits per heavy atom. The van der Waals surface area contributed by atoms with Gasteiger partial charge in [-0.05, 0) is 63.6 Å². The van der Waals surface area contributed by atoms with Crippen LogP contribution in [-0.2, 0) is 4.79 Å². The number of hydrogen-bond donors (Lipinski definition) is 1. The van der Waals surface area contributed by atoms with Gasteiger partial charge in [-0.15, -0.1) is 0 Å². The summed E-state index contributed by atoms with van der Waals surface area (Å²) < 4.78 is 11.9. The Morgan fingerprint density at radius 2 is 2.17 bits per heavy atom. The Morgan fingerprint density at radius 3 is 2.78 bits per heavy atom. The van der Waals surface area contributed by atoms with E-state index in [1.807, 2.05) is 26.0 Å². The number of hydrogen-bond acceptors (Lipinski definition) is 3. The number of aliphatic carboxylic acids is 1. The van der Waals surface area contributed by atoms with Gasteiger partial charge in [-0.25, -0.2) is 4.79 Å². The van der Waals surface area contributed by atoms with Gasteiger partial charge in [0.1, 0.15) is 17.1 Å². The van der Waals surface area contributed by atoms with Crippen molar-refractivity contribution in [2.45, 2.75) is 77.9 Å². The number of carbonyl (C=O) groups is 1. The van der Waals surface area contributed by atoms with Gasteiger partial charge < -0.3 is 14.6 Å². The van der Waals surface area contributed by atoms with Crippen LogP contribution in [0.5, 0.6) is 11.5 Å². The lowest BCUT2D eigenvalue weighted by Crippen LogP contribution is -2.34. The van der Waals surface area contributed by atoms with Crippen LogP contribution in [0.1, 0.15) is 70.4 Å². The predicted molar refractivity (Wildman–Crippen MR) is 90.5 cm³/mol. The average molecular weight is 320 g/mol. The zero-order valence-corrected chi connectivity index (χ0v) is 14.8. The second-order valence-electron chi connectivity index (χ2n) is 7.21.